The number of hydrogen-bond acceptors (Lipinski definition) is 4. The predicted octanol–water partition coefficient (Wildman–Crippen LogP) is -2.10. The van der Waals surface area contributed by atoms with Gasteiger partial charge in [-0.3, -0.25) is 9.32 Å². The minimum atomic E-state index is -4.56. The third-order valence-corrected chi connectivity index (χ3v) is 1.04. The van der Waals surface area contributed by atoms with Crippen molar-refractivity contribution >= 4 is 51.3 Å². The molecule has 0 rings (SSSR count). The topological polar surface area (TPSA) is 104 Å². The molecule has 9 heteroatoms. The maximum atomic E-state index is 10.1. The van der Waals surface area contributed by atoms with Crippen molar-refractivity contribution in [3.63, 3.8) is 0 Å². The monoisotopic (exact) mass is 184 g/mol. The van der Waals surface area contributed by atoms with Gasteiger partial charge < -0.3 is 14.9 Å². The van der Waals surface area contributed by atoms with Gasteiger partial charge in [-0.25, -0.2) is 4.57 Å². The molecule has 0 aromatic rings. The summed E-state index contributed by atoms with van der Waals surface area (Å²) in [6.45, 7) is -1.54. The van der Waals surface area contributed by atoms with Gasteiger partial charge in [-0.05, 0) is 0 Å². The molecule has 0 amide bonds. The number of carbonyl (C=O) groups excluding carboxylic acids is 1. The van der Waals surface area contributed by atoms with Gasteiger partial charge in [0.15, 0.2) is 5.78 Å². The van der Waals surface area contributed by atoms with E-state index >= 15 is 0 Å². The molecule has 6 nitrogen and oxygen atoms in total. The number of rotatable bonds is 4. The molecule has 12 heavy (non-hydrogen) atoms. The van der Waals surface area contributed by atoms with Crippen LogP contribution in [0.2, 0.25) is 0 Å². The molecule has 0 saturated carbocycles. The smallest absolute Gasteiger partial charge is 0.388 e. The van der Waals surface area contributed by atoms with E-state index in [-0.39, 0.29) is 37.7 Å². The molecular weight excluding hydrogens is 177 g/mol. The molecule has 0 spiro atoms. The van der Waals surface area contributed by atoms with Crippen LogP contribution >= 0.6 is 7.82 Å². The Balaban J connectivity index is -0.000000405. The number of ketones is 1. The van der Waals surface area contributed by atoms with Crippen LogP contribution in [0.15, 0.2) is 0 Å². The van der Waals surface area contributed by atoms with Gasteiger partial charge in [0.25, 0.3) is 0 Å². The summed E-state index contributed by atoms with van der Waals surface area (Å²) in [5, 5.41) is 8.05. The van der Waals surface area contributed by atoms with E-state index in [9.17, 15) is 9.36 Å². The predicted molar refractivity (Wildman–Crippen MR) is 41.6 cm³/mol. The van der Waals surface area contributed by atoms with Crippen LogP contribution in [0.1, 0.15) is 0 Å². The number of aliphatic hydroxyl groups is 1. The Morgan fingerprint density at radius 3 is 2.00 bits per heavy atom. The minimum Gasteiger partial charge on any atom is -0.388 e. The fourth-order valence-electron chi connectivity index (χ4n) is 0.202. The van der Waals surface area contributed by atoms with Crippen molar-refractivity contribution < 1.29 is 28.8 Å². The van der Waals surface area contributed by atoms with E-state index in [2.05, 4.69) is 4.52 Å². The average Bonchev–Trinajstić information content (AvgIpc) is 1.81. The Morgan fingerprint density at radius 2 is 1.75 bits per heavy atom. The van der Waals surface area contributed by atoms with Crippen molar-refractivity contribution in [2.75, 3.05) is 13.2 Å². The van der Waals surface area contributed by atoms with Crippen molar-refractivity contribution in [1.29, 1.82) is 0 Å². The SMILES string of the molecule is O=C(CO)COP(=O)(O)O.[Li].[Li]. The summed E-state index contributed by atoms with van der Waals surface area (Å²) in [4.78, 5) is 26.2. The summed E-state index contributed by atoms with van der Waals surface area (Å²) in [6.07, 6.45) is 0. The molecule has 0 aliphatic rings. The molecule has 0 heterocycles. The van der Waals surface area contributed by atoms with Crippen LogP contribution in [0.3, 0.4) is 0 Å². The molecule has 0 atom stereocenters. The largest absolute Gasteiger partial charge is 0.470 e. The first-order chi connectivity index (χ1) is 4.45. The summed E-state index contributed by atoms with van der Waals surface area (Å²) < 4.78 is 13.6. The molecule has 2 radical (unpaired) electrons. The first kappa shape index (κ1) is 18.7. The van der Waals surface area contributed by atoms with Crippen molar-refractivity contribution in [1.82, 2.24) is 0 Å². The van der Waals surface area contributed by atoms with Crippen molar-refractivity contribution in [3.8, 4) is 0 Å². The van der Waals surface area contributed by atoms with Gasteiger partial charge in [0.05, 0.1) is 0 Å². The van der Waals surface area contributed by atoms with Crippen molar-refractivity contribution in [3.05, 3.63) is 0 Å². The second-order valence-corrected chi connectivity index (χ2v) is 2.70. The van der Waals surface area contributed by atoms with E-state index in [1.54, 1.807) is 0 Å². The Labute approximate surface area is 93.3 Å². The second kappa shape index (κ2) is 8.53. The van der Waals surface area contributed by atoms with E-state index < -0.39 is 26.8 Å². The molecule has 3 N–H and O–H groups in total. The van der Waals surface area contributed by atoms with Gasteiger partial charge in [0.2, 0.25) is 0 Å². The second-order valence-electron chi connectivity index (χ2n) is 1.46. The number of phosphoric acid groups is 1. The molecule has 62 valence electrons. The van der Waals surface area contributed by atoms with Gasteiger partial charge in [-0.2, -0.15) is 0 Å². The maximum Gasteiger partial charge on any atom is 0.470 e. The first-order valence-corrected chi connectivity index (χ1v) is 3.81. The van der Waals surface area contributed by atoms with Gasteiger partial charge >= 0.3 is 7.82 Å². The van der Waals surface area contributed by atoms with E-state index in [4.69, 9.17) is 14.9 Å². The number of Topliss-reactive ketones (excluding diaryl/α,β-unsaturated/α-hetero) is 1. The average molecular weight is 184 g/mol. The summed E-state index contributed by atoms with van der Waals surface area (Å²) in [5.41, 5.74) is 0. The maximum absolute atomic E-state index is 10.1. The quantitative estimate of drug-likeness (QED) is 0.341. The van der Waals surface area contributed by atoms with Gasteiger partial charge in [0, 0.05) is 37.7 Å². The van der Waals surface area contributed by atoms with Crippen LogP contribution in [0.5, 0.6) is 0 Å². The molecule has 0 aromatic carbocycles. The Kier molecular flexibility index (Phi) is 13.3. The molecule has 0 fully saturated rings. The summed E-state index contributed by atoms with van der Waals surface area (Å²) in [7, 11) is -4.56. The number of hydrogen-bond donors (Lipinski definition) is 3. The Bertz CT molecular complexity index is 166. The van der Waals surface area contributed by atoms with E-state index in [1.165, 1.54) is 0 Å². The van der Waals surface area contributed by atoms with Crippen LogP contribution in [0, 0.1) is 0 Å². The molecule has 0 unspecified atom stereocenters. The molecular formula is C3H7Li2O6P. The third-order valence-electron chi connectivity index (χ3n) is 0.570. The van der Waals surface area contributed by atoms with Gasteiger partial charge in [-0.1, -0.05) is 0 Å². The van der Waals surface area contributed by atoms with Crippen LogP contribution in [-0.4, -0.2) is 71.6 Å². The number of carbonyl (C=O) groups is 1. The Morgan fingerprint density at radius 1 is 1.33 bits per heavy atom. The molecule has 0 aromatic heterocycles. The van der Waals surface area contributed by atoms with Crippen molar-refractivity contribution in [2.24, 2.45) is 0 Å². The summed E-state index contributed by atoms with van der Waals surface area (Å²) in [6, 6.07) is 0. The Hall–Kier alpha value is 0.935. The zero-order valence-electron chi connectivity index (χ0n) is 6.93. The third kappa shape index (κ3) is 13.5. The summed E-state index contributed by atoms with van der Waals surface area (Å²) >= 11 is 0. The van der Waals surface area contributed by atoms with Gasteiger partial charge in [-0.15, -0.1) is 0 Å². The fraction of sp³-hybridized carbons (Fsp3) is 0.667. The van der Waals surface area contributed by atoms with Gasteiger partial charge in [0.1, 0.15) is 13.2 Å². The molecule has 0 aliphatic heterocycles. The van der Waals surface area contributed by atoms with Crippen LogP contribution in [-0.2, 0) is 13.9 Å². The zero-order chi connectivity index (χ0) is 8.20. The standard InChI is InChI=1S/C3H7O6P.2Li/c4-1-3(5)2-9-10(6,7)8;;/h4H,1-2H2,(H2,6,7,8);;. The van der Waals surface area contributed by atoms with Crippen LogP contribution in [0.25, 0.3) is 0 Å². The number of aliphatic hydroxyl groups excluding tert-OH is 1. The fourth-order valence-corrected chi connectivity index (χ4v) is 0.514. The van der Waals surface area contributed by atoms with Crippen molar-refractivity contribution in [2.45, 2.75) is 0 Å². The minimum absolute atomic E-state index is 0. The van der Waals surface area contributed by atoms with Crippen LogP contribution < -0.4 is 0 Å². The number of phosphoric ester groups is 1. The van der Waals surface area contributed by atoms with Crippen LogP contribution in [0.4, 0.5) is 0 Å². The molecule has 0 saturated heterocycles. The van der Waals surface area contributed by atoms with E-state index in [0.717, 1.165) is 0 Å². The summed E-state index contributed by atoms with van der Waals surface area (Å²) in [5.74, 6) is -0.775. The first-order valence-electron chi connectivity index (χ1n) is 2.28. The molecule has 0 aliphatic carbocycles. The van der Waals surface area contributed by atoms with E-state index in [1.807, 2.05) is 0 Å². The zero-order valence-corrected chi connectivity index (χ0v) is 7.82. The van der Waals surface area contributed by atoms with E-state index in [0.29, 0.717) is 0 Å². The normalized spacial score (nSPS) is 9.58. The molecule has 0 bridgehead atoms.